The summed E-state index contributed by atoms with van der Waals surface area (Å²) in [5, 5.41) is 7.44. The Bertz CT molecular complexity index is 3500. The van der Waals surface area contributed by atoms with Crippen LogP contribution in [0.15, 0.2) is 164 Å². The van der Waals surface area contributed by atoms with Crippen molar-refractivity contribution in [2.45, 2.75) is 43.9 Å². The molecule has 3 heterocycles. The van der Waals surface area contributed by atoms with E-state index >= 15 is 0 Å². The molecule has 3 aromatic heterocycles. The lowest BCUT2D eigenvalue weighted by molar-refractivity contribution is -0.0413. The fraction of sp³-hybridized carbons (Fsp3) is 0.211. The van der Waals surface area contributed by atoms with Crippen LogP contribution < -0.4 is 0 Å². The number of hydrogen-bond acceptors (Lipinski definition) is 1. The second-order valence-electron chi connectivity index (χ2n) is 19.2. The Labute approximate surface area is 348 Å². The summed E-state index contributed by atoms with van der Waals surface area (Å²) in [6.45, 7) is 0. The van der Waals surface area contributed by atoms with E-state index in [1.54, 1.807) is 11.1 Å². The molecular weight excluding hydrogens is 727 g/mol. The van der Waals surface area contributed by atoms with Crippen molar-refractivity contribution >= 4 is 54.4 Å². The van der Waals surface area contributed by atoms with Crippen LogP contribution in [0.3, 0.4) is 0 Å². The minimum Gasteiger partial charge on any atom is -0.309 e. The van der Waals surface area contributed by atoms with Crippen LogP contribution in [0.2, 0.25) is 0 Å². The molecule has 7 aromatic carbocycles. The average Bonchev–Trinajstić information content (AvgIpc) is 4.08. The average molecular weight is 770 g/mol. The summed E-state index contributed by atoms with van der Waals surface area (Å²) in [6, 6.07) is 59.8. The van der Waals surface area contributed by atoms with Gasteiger partial charge in [0.05, 0.1) is 22.1 Å². The number of rotatable bonds is 3. The molecule has 4 fully saturated rings. The zero-order chi connectivity index (χ0) is 38.9. The van der Waals surface area contributed by atoms with Crippen molar-refractivity contribution in [1.29, 1.82) is 0 Å². The summed E-state index contributed by atoms with van der Waals surface area (Å²) in [5.41, 5.74) is 15.7. The summed E-state index contributed by atoms with van der Waals surface area (Å²) < 4.78 is 4.92. The van der Waals surface area contributed by atoms with Crippen LogP contribution in [-0.4, -0.2) is 14.1 Å². The molecule has 60 heavy (non-hydrogen) atoms. The number of fused-ring (bicyclic) bond motifs is 16. The molecule has 5 aliphatic carbocycles. The Morgan fingerprint density at radius 2 is 1.17 bits per heavy atom. The number of nitrogens with zero attached hydrogens (tertiary/aromatic N) is 3. The van der Waals surface area contributed by atoms with Crippen molar-refractivity contribution in [2.24, 2.45) is 29.1 Å². The van der Waals surface area contributed by atoms with Crippen molar-refractivity contribution in [3.8, 4) is 33.8 Å². The second kappa shape index (κ2) is 11.2. The van der Waals surface area contributed by atoms with Gasteiger partial charge in [-0.15, -0.1) is 0 Å². The number of benzene rings is 7. The van der Waals surface area contributed by atoms with Gasteiger partial charge >= 0.3 is 0 Å². The fourth-order valence-electron chi connectivity index (χ4n) is 14.8. The third-order valence-electron chi connectivity index (χ3n) is 16.9. The Hall–Kier alpha value is -6.45. The highest BCUT2D eigenvalue weighted by atomic mass is 15.1. The molecule has 6 atom stereocenters. The van der Waals surface area contributed by atoms with E-state index < -0.39 is 0 Å². The third-order valence-corrected chi connectivity index (χ3v) is 16.9. The minimum atomic E-state index is 0.149. The van der Waals surface area contributed by atoms with E-state index in [0.717, 1.165) is 34.9 Å². The summed E-state index contributed by atoms with van der Waals surface area (Å²) >= 11 is 0. The molecule has 0 saturated heterocycles. The number of aromatic nitrogens is 3. The van der Waals surface area contributed by atoms with E-state index in [2.05, 4.69) is 167 Å². The van der Waals surface area contributed by atoms with Gasteiger partial charge in [0, 0.05) is 44.2 Å². The van der Waals surface area contributed by atoms with E-state index in [-0.39, 0.29) is 5.41 Å². The monoisotopic (exact) mass is 769 g/mol. The molecule has 3 heteroatoms. The first-order chi connectivity index (χ1) is 29.7. The second-order valence-corrected chi connectivity index (χ2v) is 19.2. The van der Waals surface area contributed by atoms with Crippen LogP contribution >= 0.6 is 0 Å². The van der Waals surface area contributed by atoms with Gasteiger partial charge in [0.15, 0.2) is 0 Å². The largest absolute Gasteiger partial charge is 0.309 e. The zero-order valence-electron chi connectivity index (χ0n) is 33.5. The van der Waals surface area contributed by atoms with Crippen LogP contribution in [0.5, 0.6) is 0 Å². The van der Waals surface area contributed by atoms with Crippen LogP contribution in [0.1, 0.15) is 49.7 Å². The van der Waals surface area contributed by atoms with E-state index in [0.29, 0.717) is 5.41 Å². The van der Waals surface area contributed by atoms with Crippen molar-refractivity contribution < 1.29 is 0 Å². The molecule has 2 spiro atoms. The molecule has 0 radical (unpaired) electrons. The maximum atomic E-state index is 4.96. The predicted octanol–water partition coefficient (Wildman–Crippen LogP) is 14.2. The highest BCUT2D eigenvalue weighted by Gasteiger charge is 2.73. The molecule has 15 rings (SSSR count). The molecule has 5 aliphatic rings. The maximum absolute atomic E-state index is 4.96. The topological polar surface area (TPSA) is 22.8 Å². The Kier molecular flexibility index (Phi) is 6.06. The summed E-state index contributed by atoms with van der Waals surface area (Å²) in [7, 11) is 0. The lowest BCUT2D eigenvalue weighted by Crippen LogP contribution is -2.52. The lowest BCUT2D eigenvalue weighted by Gasteiger charge is -2.57. The molecule has 4 bridgehead atoms. The van der Waals surface area contributed by atoms with Gasteiger partial charge in [-0.2, -0.15) is 0 Å². The van der Waals surface area contributed by atoms with Gasteiger partial charge < -0.3 is 4.57 Å². The molecule has 0 aliphatic heterocycles. The molecule has 10 aromatic rings. The van der Waals surface area contributed by atoms with Gasteiger partial charge in [0.2, 0.25) is 0 Å². The van der Waals surface area contributed by atoms with E-state index in [1.165, 1.54) is 115 Å². The zero-order valence-corrected chi connectivity index (χ0v) is 33.5. The maximum Gasteiger partial charge on any atom is 0.145 e. The fourth-order valence-corrected chi connectivity index (χ4v) is 14.8. The van der Waals surface area contributed by atoms with Crippen LogP contribution in [0, 0.1) is 29.1 Å². The Morgan fingerprint density at radius 3 is 1.98 bits per heavy atom. The smallest absolute Gasteiger partial charge is 0.145 e. The number of para-hydroxylation sites is 2. The van der Waals surface area contributed by atoms with Crippen molar-refractivity contribution in [2.75, 3.05) is 0 Å². The predicted molar refractivity (Wildman–Crippen MR) is 246 cm³/mol. The highest BCUT2D eigenvalue weighted by molar-refractivity contribution is 6.13. The van der Waals surface area contributed by atoms with Gasteiger partial charge in [-0.1, -0.05) is 103 Å². The minimum absolute atomic E-state index is 0.149. The van der Waals surface area contributed by atoms with Gasteiger partial charge in [0.1, 0.15) is 5.82 Å². The first-order valence-electron chi connectivity index (χ1n) is 22.3. The van der Waals surface area contributed by atoms with Crippen LogP contribution in [0.4, 0.5) is 0 Å². The van der Waals surface area contributed by atoms with Crippen LogP contribution in [0.25, 0.3) is 88.1 Å². The normalized spacial score (nSPS) is 25.7. The van der Waals surface area contributed by atoms with E-state index in [1.807, 2.05) is 6.20 Å². The van der Waals surface area contributed by atoms with Gasteiger partial charge in [-0.25, -0.2) is 4.98 Å². The van der Waals surface area contributed by atoms with Crippen molar-refractivity contribution in [1.82, 2.24) is 14.1 Å². The van der Waals surface area contributed by atoms with Gasteiger partial charge in [-0.3, -0.25) is 4.57 Å². The molecular formula is C57H43N3. The molecule has 6 unspecified atom stereocenters. The first kappa shape index (κ1) is 32.4. The quantitative estimate of drug-likeness (QED) is 0.175. The standard InChI is InChI=1S/C57H43N3/c1-2-10-40-35(9-1)24-26-58-55(40)60-52-16-8-5-13-44(52)46-29-37(18-22-54(46)60)36-17-21-53-45(28-36)43-12-4-7-15-51(43)59(53)39-19-20-42-41-11-3-6-14-47(41)57(48(42)31-39)38-27-34-23-25-56(32-34)33-50(57)49(56)30-38/h1-22,24,26,28-29,31,34,38,49-50H,23,25,27,30,32-33H2. The molecule has 0 N–H and O–H groups in total. The first-order valence-corrected chi connectivity index (χ1v) is 22.3. The molecule has 286 valence electrons. The van der Waals surface area contributed by atoms with Gasteiger partial charge in [-0.05, 0) is 161 Å². The summed E-state index contributed by atoms with van der Waals surface area (Å²) in [5.74, 6) is 4.31. The summed E-state index contributed by atoms with van der Waals surface area (Å²) in [6.07, 6.45) is 10.7. The molecule has 4 saturated carbocycles. The van der Waals surface area contributed by atoms with E-state index in [9.17, 15) is 0 Å². The third kappa shape index (κ3) is 3.87. The van der Waals surface area contributed by atoms with Crippen molar-refractivity contribution in [3.05, 3.63) is 175 Å². The summed E-state index contributed by atoms with van der Waals surface area (Å²) in [4.78, 5) is 4.96. The Morgan fingerprint density at radius 1 is 0.500 bits per heavy atom. The lowest BCUT2D eigenvalue weighted by atomic mass is 9.47. The van der Waals surface area contributed by atoms with Gasteiger partial charge in [0.25, 0.3) is 0 Å². The SMILES string of the molecule is c1ccc2c(c1)-c1ccc(-n3c4ccccc4c4cc(-c5ccc6c(c5)c5ccccc5n6-c5nccc6ccccc56)ccc43)cc1C21C2CC3CCC4(C3)CC1C4C2. The van der Waals surface area contributed by atoms with Crippen molar-refractivity contribution in [3.63, 3.8) is 0 Å². The number of pyridine rings is 1. The molecule has 0 amide bonds. The van der Waals surface area contributed by atoms with E-state index in [4.69, 9.17) is 4.98 Å². The van der Waals surface area contributed by atoms with Crippen LogP contribution in [-0.2, 0) is 5.41 Å². The molecule has 3 nitrogen and oxygen atoms in total. The highest BCUT2D eigenvalue weighted by Crippen LogP contribution is 2.80. The Balaban J connectivity index is 0.898. The number of hydrogen-bond donors (Lipinski definition) is 0.